The molecule has 3 aromatic rings. The Morgan fingerprint density at radius 1 is 0.800 bits per heavy atom. The standard InChI is InChI=1S/C24H19N5O/c25-16-18-6-1-2-8-20(18)21-9-3-4-10-22(21)24(30)29-14-12-28(13-15-29)23-19(17-26)7-5-11-27-23/h1-11H,12-15H2. The van der Waals surface area contributed by atoms with Crippen LogP contribution in [0.1, 0.15) is 21.5 Å². The minimum Gasteiger partial charge on any atom is -0.352 e. The van der Waals surface area contributed by atoms with Crippen LogP contribution in [0.5, 0.6) is 0 Å². The molecule has 2 heterocycles. The van der Waals surface area contributed by atoms with Crippen LogP contribution < -0.4 is 4.90 Å². The molecule has 1 aromatic heterocycles. The molecule has 1 saturated heterocycles. The van der Waals surface area contributed by atoms with Gasteiger partial charge in [0.15, 0.2) is 0 Å². The van der Waals surface area contributed by atoms with E-state index in [0.717, 1.165) is 11.1 Å². The first-order chi connectivity index (χ1) is 14.7. The number of anilines is 1. The molecule has 6 heteroatoms. The van der Waals surface area contributed by atoms with Gasteiger partial charge in [-0.15, -0.1) is 0 Å². The van der Waals surface area contributed by atoms with Crippen molar-refractivity contribution in [3.8, 4) is 23.3 Å². The maximum Gasteiger partial charge on any atom is 0.254 e. The van der Waals surface area contributed by atoms with Gasteiger partial charge in [0.25, 0.3) is 5.91 Å². The van der Waals surface area contributed by atoms with Crippen LogP contribution in [-0.2, 0) is 0 Å². The normalized spacial score (nSPS) is 13.4. The van der Waals surface area contributed by atoms with Gasteiger partial charge >= 0.3 is 0 Å². The van der Waals surface area contributed by atoms with E-state index in [2.05, 4.69) is 17.1 Å². The first-order valence-corrected chi connectivity index (χ1v) is 9.71. The summed E-state index contributed by atoms with van der Waals surface area (Å²) in [5, 5.41) is 18.8. The fourth-order valence-electron chi connectivity index (χ4n) is 3.75. The maximum absolute atomic E-state index is 13.3. The summed E-state index contributed by atoms with van der Waals surface area (Å²) in [5.74, 6) is 0.606. The predicted molar refractivity (Wildman–Crippen MR) is 114 cm³/mol. The molecule has 0 unspecified atom stereocenters. The summed E-state index contributed by atoms with van der Waals surface area (Å²) in [4.78, 5) is 21.5. The van der Waals surface area contributed by atoms with Crippen molar-refractivity contribution in [3.05, 3.63) is 83.6 Å². The zero-order valence-electron chi connectivity index (χ0n) is 16.3. The molecule has 0 radical (unpaired) electrons. The average molecular weight is 393 g/mol. The molecule has 0 spiro atoms. The maximum atomic E-state index is 13.3. The number of amides is 1. The minimum absolute atomic E-state index is 0.0560. The molecule has 1 amide bonds. The van der Waals surface area contributed by atoms with Gasteiger partial charge in [-0.05, 0) is 29.8 Å². The molecular weight excluding hydrogens is 374 g/mol. The number of hydrogen-bond acceptors (Lipinski definition) is 5. The summed E-state index contributed by atoms with van der Waals surface area (Å²) in [6.45, 7) is 2.28. The van der Waals surface area contributed by atoms with E-state index < -0.39 is 0 Å². The largest absolute Gasteiger partial charge is 0.352 e. The van der Waals surface area contributed by atoms with Gasteiger partial charge in [-0.25, -0.2) is 4.98 Å². The summed E-state index contributed by atoms with van der Waals surface area (Å²) in [7, 11) is 0. The summed E-state index contributed by atoms with van der Waals surface area (Å²) >= 11 is 0. The molecule has 0 aliphatic carbocycles. The Bertz CT molecular complexity index is 1170. The molecule has 146 valence electrons. The van der Waals surface area contributed by atoms with Gasteiger partial charge in [0, 0.05) is 43.5 Å². The molecule has 0 bridgehead atoms. The van der Waals surface area contributed by atoms with Gasteiger partial charge in [0.05, 0.1) is 17.2 Å². The topological polar surface area (TPSA) is 84.0 Å². The fourth-order valence-corrected chi connectivity index (χ4v) is 3.75. The molecule has 2 aromatic carbocycles. The van der Waals surface area contributed by atoms with Crippen LogP contribution in [0.15, 0.2) is 66.9 Å². The van der Waals surface area contributed by atoms with Gasteiger partial charge in [-0.3, -0.25) is 4.79 Å². The van der Waals surface area contributed by atoms with Crippen molar-refractivity contribution in [1.29, 1.82) is 10.5 Å². The van der Waals surface area contributed by atoms with Crippen molar-refractivity contribution in [2.45, 2.75) is 0 Å². The van der Waals surface area contributed by atoms with Crippen LogP contribution in [0.25, 0.3) is 11.1 Å². The predicted octanol–water partition coefficient (Wildman–Crippen LogP) is 3.45. The van der Waals surface area contributed by atoms with Crippen molar-refractivity contribution in [2.24, 2.45) is 0 Å². The van der Waals surface area contributed by atoms with Gasteiger partial charge in [-0.1, -0.05) is 36.4 Å². The van der Waals surface area contributed by atoms with Crippen molar-refractivity contribution in [2.75, 3.05) is 31.1 Å². The highest BCUT2D eigenvalue weighted by molar-refractivity contribution is 6.01. The summed E-state index contributed by atoms with van der Waals surface area (Å²) < 4.78 is 0. The van der Waals surface area contributed by atoms with Gasteiger partial charge in [-0.2, -0.15) is 10.5 Å². The van der Waals surface area contributed by atoms with Crippen molar-refractivity contribution in [1.82, 2.24) is 9.88 Å². The van der Waals surface area contributed by atoms with Crippen LogP contribution in [0.3, 0.4) is 0 Å². The van der Waals surface area contributed by atoms with E-state index >= 15 is 0 Å². The molecule has 6 nitrogen and oxygen atoms in total. The molecule has 4 rings (SSSR count). The van der Waals surface area contributed by atoms with E-state index in [0.29, 0.717) is 48.7 Å². The Balaban J connectivity index is 1.56. The second-order valence-electron chi connectivity index (χ2n) is 6.97. The molecule has 0 atom stereocenters. The summed E-state index contributed by atoms with van der Waals surface area (Å²) in [6, 6.07) is 22.6. The van der Waals surface area contributed by atoms with Crippen LogP contribution in [-0.4, -0.2) is 42.0 Å². The molecule has 0 N–H and O–H groups in total. The smallest absolute Gasteiger partial charge is 0.254 e. The first-order valence-electron chi connectivity index (χ1n) is 9.71. The third kappa shape index (κ3) is 3.59. The van der Waals surface area contributed by atoms with E-state index in [1.807, 2.05) is 52.3 Å². The SMILES string of the molecule is N#Cc1ccccc1-c1ccccc1C(=O)N1CCN(c2ncccc2C#N)CC1. The monoisotopic (exact) mass is 393 g/mol. The van der Waals surface area contributed by atoms with Gasteiger partial charge in [0.2, 0.25) is 0 Å². The lowest BCUT2D eigenvalue weighted by Crippen LogP contribution is -2.49. The molecule has 1 aliphatic rings. The molecule has 1 fully saturated rings. The lowest BCUT2D eigenvalue weighted by Gasteiger charge is -2.36. The first kappa shape index (κ1) is 19.2. The quantitative estimate of drug-likeness (QED) is 0.680. The molecular formula is C24H19N5O. The van der Waals surface area contributed by atoms with Crippen molar-refractivity contribution >= 4 is 11.7 Å². The second-order valence-corrected chi connectivity index (χ2v) is 6.97. The highest BCUT2D eigenvalue weighted by atomic mass is 16.2. The Kier molecular flexibility index (Phi) is 5.41. The molecule has 1 aliphatic heterocycles. The Hall–Kier alpha value is -4.16. The summed E-state index contributed by atoms with van der Waals surface area (Å²) in [5.41, 5.74) is 3.19. The number of rotatable bonds is 3. The summed E-state index contributed by atoms with van der Waals surface area (Å²) in [6.07, 6.45) is 1.68. The number of aromatic nitrogens is 1. The molecule has 0 saturated carbocycles. The highest BCUT2D eigenvalue weighted by Gasteiger charge is 2.26. The van der Waals surface area contributed by atoms with Gasteiger partial charge in [0.1, 0.15) is 11.9 Å². The zero-order valence-corrected chi connectivity index (χ0v) is 16.3. The van der Waals surface area contributed by atoms with Crippen molar-refractivity contribution in [3.63, 3.8) is 0 Å². The zero-order chi connectivity index (χ0) is 20.9. The van der Waals surface area contributed by atoms with E-state index in [1.54, 1.807) is 24.4 Å². The number of carbonyl (C=O) groups is 1. The Morgan fingerprint density at radius 3 is 2.17 bits per heavy atom. The van der Waals surface area contributed by atoms with E-state index in [-0.39, 0.29) is 5.91 Å². The molecule has 30 heavy (non-hydrogen) atoms. The third-order valence-corrected chi connectivity index (χ3v) is 5.27. The lowest BCUT2D eigenvalue weighted by molar-refractivity contribution is 0.0747. The van der Waals surface area contributed by atoms with Crippen LogP contribution in [0.2, 0.25) is 0 Å². The number of nitrogens with zero attached hydrogens (tertiary/aromatic N) is 5. The van der Waals surface area contributed by atoms with E-state index in [9.17, 15) is 15.3 Å². The van der Waals surface area contributed by atoms with Gasteiger partial charge < -0.3 is 9.80 Å². The number of hydrogen-bond donors (Lipinski definition) is 0. The lowest BCUT2D eigenvalue weighted by atomic mass is 9.95. The Morgan fingerprint density at radius 2 is 1.43 bits per heavy atom. The number of piperazine rings is 1. The fraction of sp³-hybridized carbons (Fsp3) is 0.167. The van der Waals surface area contributed by atoms with Crippen LogP contribution in [0, 0.1) is 22.7 Å². The Labute approximate surface area is 175 Å². The number of carbonyl (C=O) groups excluding carboxylic acids is 1. The number of nitriles is 2. The van der Waals surface area contributed by atoms with Crippen LogP contribution in [0.4, 0.5) is 5.82 Å². The number of pyridine rings is 1. The van der Waals surface area contributed by atoms with E-state index in [4.69, 9.17) is 0 Å². The van der Waals surface area contributed by atoms with E-state index in [1.165, 1.54) is 0 Å². The minimum atomic E-state index is -0.0560. The van der Waals surface area contributed by atoms with Crippen LogP contribution >= 0.6 is 0 Å². The van der Waals surface area contributed by atoms with Crippen molar-refractivity contribution < 1.29 is 4.79 Å². The second kappa shape index (κ2) is 8.46. The number of benzene rings is 2. The third-order valence-electron chi connectivity index (χ3n) is 5.27. The highest BCUT2D eigenvalue weighted by Crippen LogP contribution is 2.28. The average Bonchev–Trinajstić information content (AvgIpc) is 2.83.